The van der Waals surface area contributed by atoms with Crippen LogP contribution in [-0.4, -0.2) is 33.8 Å². The van der Waals surface area contributed by atoms with E-state index in [1.807, 2.05) is 0 Å². The van der Waals surface area contributed by atoms with Gasteiger partial charge in [-0.15, -0.1) is 0 Å². The molecule has 2 saturated carbocycles. The number of carbonyl (C=O) groups is 2. The Hall–Kier alpha value is -2.80. The maximum Gasteiger partial charge on any atom is 0.404 e. The summed E-state index contributed by atoms with van der Waals surface area (Å²) in [5.74, 6) is 0.705. The quantitative estimate of drug-likeness (QED) is 0.253. The first-order chi connectivity index (χ1) is 18.9. The number of amides is 2. The Morgan fingerprint density at radius 2 is 1.69 bits per heavy atom. The van der Waals surface area contributed by atoms with E-state index in [-0.39, 0.29) is 23.9 Å². The molecule has 3 aromatic rings. The van der Waals surface area contributed by atoms with Crippen LogP contribution in [0.2, 0.25) is 0 Å². The fraction of sp³-hybridized carbons (Fsp3) is 0.500. The van der Waals surface area contributed by atoms with Crippen molar-refractivity contribution >= 4 is 38.8 Å². The Labute approximate surface area is 239 Å². The highest BCUT2D eigenvalue weighted by Crippen LogP contribution is 2.37. The lowest BCUT2D eigenvalue weighted by Gasteiger charge is -2.29. The van der Waals surface area contributed by atoms with Gasteiger partial charge in [0.1, 0.15) is 0 Å². The zero-order valence-electron chi connectivity index (χ0n) is 22.8. The first kappa shape index (κ1) is 27.8. The van der Waals surface area contributed by atoms with Crippen LogP contribution in [0.15, 0.2) is 53.1 Å². The first-order valence-electron chi connectivity index (χ1n) is 14.5. The molecule has 6 nitrogen and oxygen atoms in total. The highest BCUT2D eigenvalue weighted by atomic mass is 79.9. The first-order valence-corrected chi connectivity index (χ1v) is 15.3. The number of nitrogens with zero attached hydrogens (tertiary/aromatic N) is 1. The Bertz CT molecular complexity index is 1310. The number of nitrogens with one attached hydrogen (secondary N) is 2. The van der Waals surface area contributed by atoms with Gasteiger partial charge in [0.2, 0.25) is 5.91 Å². The lowest BCUT2D eigenvalue weighted by molar-refractivity contribution is -0.122. The van der Waals surface area contributed by atoms with Crippen LogP contribution in [0.4, 0.5) is 4.79 Å². The molecule has 208 valence electrons. The summed E-state index contributed by atoms with van der Waals surface area (Å²) in [5.41, 5.74) is 4.80. The largest absolute Gasteiger partial charge is 0.465 e. The third-order valence-electron chi connectivity index (χ3n) is 8.68. The zero-order valence-corrected chi connectivity index (χ0v) is 24.4. The predicted molar refractivity (Wildman–Crippen MR) is 159 cm³/mol. The molecule has 7 heteroatoms. The van der Waals surface area contributed by atoms with Gasteiger partial charge in [0.15, 0.2) is 0 Å². The van der Waals surface area contributed by atoms with Crippen molar-refractivity contribution in [2.75, 3.05) is 0 Å². The zero-order chi connectivity index (χ0) is 27.4. The van der Waals surface area contributed by atoms with Gasteiger partial charge >= 0.3 is 6.09 Å². The molecule has 1 atom stereocenters. The lowest BCUT2D eigenvalue weighted by Crippen LogP contribution is -2.43. The predicted octanol–water partition coefficient (Wildman–Crippen LogP) is 7.51. The van der Waals surface area contributed by atoms with Crippen LogP contribution in [0.3, 0.4) is 0 Å². The molecule has 0 aliphatic heterocycles. The lowest BCUT2D eigenvalue weighted by atomic mass is 9.86. The number of halogens is 1. The molecule has 0 bridgehead atoms. The summed E-state index contributed by atoms with van der Waals surface area (Å²) in [6, 6.07) is 15.2. The molecule has 2 aromatic carbocycles. The summed E-state index contributed by atoms with van der Waals surface area (Å²) in [4.78, 5) is 24.5. The number of rotatable bonds is 8. The second kappa shape index (κ2) is 12.6. The number of hydrogen-bond acceptors (Lipinski definition) is 2. The molecule has 5 rings (SSSR count). The van der Waals surface area contributed by atoms with Crippen molar-refractivity contribution in [1.29, 1.82) is 0 Å². The maximum atomic E-state index is 13.5. The minimum atomic E-state index is -0.974. The van der Waals surface area contributed by atoms with Crippen molar-refractivity contribution in [2.45, 2.75) is 95.7 Å². The van der Waals surface area contributed by atoms with Crippen molar-refractivity contribution in [3.05, 3.63) is 69.8 Å². The Balaban J connectivity index is 1.41. The van der Waals surface area contributed by atoms with Crippen molar-refractivity contribution in [3.8, 4) is 0 Å². The molecule has 2 fully saturated rings. The highest BCUT2D eigenvalue weighted by molar-refractivity contribution is 9.10. The van der Waals surface area contributed by atoms with Crippen molar-refractivity contribution in [1.82, 2.24) is 15.2 Å². The molecule has 1 heterocycles. The number of aryl methyl sites for hydroxylation is 1. The fourth-order valence-corrected chi connectivity index (χ4v) is 7.06. The van der Waals surface area contributed by atoms with Crippen LogP contribution < -0.4 is 10.6 Å². The molecule has 2 amide bonds. The average Bonchev–Trinajstić information content (AvgIpc) is 3.25. The van der Waals surface area contributed by atoms with E-state index in [0.717, 1.165) is 42.3 Å². The van der Waals surface area contributed by atoms with Crippen molar-refractivity contribution in [2.24, 2.45) is 5.92 Å². The third-order valence-corrected chi connectivity index (χ3v) is 9.18. The highest BCUT2D eigenvalue weighted by Gasteiger charge is 2.27. The summed E-state index contributed by atoms with van der Waals surface area (Å²) in [5, 5.41) is 16.1. The van der Waals surface area contributed by atoms with Gasteiger partial charge in [-0.05, 0) is 80.7 Å². The van der Waals surface area contributed by atoms with Gasteiger partial charge in [-0.25, -0.2) is 4.79 Å². The normalized spacial score (nSPS) is 21.0. The van der Waals surface area contributed by atoms with E-state index in [4.69, 9.17) is 5.11 Å². The SMILES string of the molecule is Cc1cccc(C(CC(=O)NC2CCC(NC(=O)O)CC2)c2cn(CC3CCCCC3)c3ccc(Br)cc23)c1. The minimum Gasteiger partial charge on any atom is -0.465 e. The molecule has 39 heavy (non-hydrogen) atoms. The van der Waals surface area contributed by atoms with Crippen molar-refractivity contribution in [3.63, 3.8) is 0 Å². The molecule has 0 radical (unpaired) electrons. The molecule has 0 spiro atoms. The maximum absolute atomic E-state index is 13.5. The Morgan fingerprint density at radius 3 is 2.38 bits per heavy atom. The van der Waals surface area contributed by atoms with E-state index >= 15 is 0 Å². The van der Waals surface area contributed by atoms with Crippen LogP contribution in [-0.2, 0) is 11.3 Å². The average molecular weight is 595 g/mol. The summed E-state index contributed by atoms with van der Waals surface area (Å²) >= 11 is 3.70. The van der Waals surface area contributed by atoms with Crippen LogP contribution in [0.5, 0.6) is 0 Å². The van der Waals surface area contributed by atoms with Gasteiger partial charge in [0.05, 0.1) is 0 Å². The molecular formula is C32H40BrN3O3. The van der Waals surface area contributed by atoms with Gasteiger partial charge < -0.3 is 20.3 Å². The van der Waals surface area contributed by atoms with Crippen molar-refractivity contribution < 1.29 is 14.7 Å². The van der Waals surface area contributed by atoms with Gasteiger partial charge in [-0.3, -0.25) is 4.79 Å². The smallest absolute Gasteiger partial charge is 0.404 e. The van der Waals surface area contributed by atoms with E-state index < -0.39 is 6.09 Å². The molecule has 2 aliphatic rings. The Morgan fingerprint density at radius 1 is 0.974 bits per heavy atom. The number of benzene rings is 2. The topological polar surface area (TPSA) is 83.4 Å². The van der Waals surface area contributed by atoms with E-state index in [9.17, 15) is 9.59 Å². The van der Waals surface area contributed by atoms with E-state index in [1.165, 1.54) is 54.1 Å². The summed E-state index contributed by atoms with van der Waals surface area (Å²) in [6.07, 6.45) is 11.4. The minimum absolute atomic E-state index is 0.0237. The van der Waals surface area contributed by atoms with Gasteiger partial charge in [0.25, 0.3) is 0 Å². The summed E-state index contributed by atoms with van der Waals surface area (Å²) in [7, 11) is 0. The number of carboxylic acid groups (broad SMARTS) is 1. The third kappa shape index (κ3) is 7.05. The Kier molecular flexibility index (Phi) is 8.96. The number of carbonyl (C=O) groups excluding carboxylic acids is 1. The van der Waals surface area contributed by atoms with Gasteiger partial charge in [-0.2, -0.15) is 0 Å². The van der Waals surface area contributed by atoms with Gasteiger partial charge in [-0.1, -0.05) is 65.0 Å². The molecule has 2 aliphatic carbocycles. The van der Waals surface area contributed by atoms with E-state index in [0.29, 0.717) is 12.3 Å². The van der Waals surface area contributed by atoms with Crippen LogP contribution >= 0.6 is 15.9 Å². The standard InChI is InChI=1S/C32H40BrN3O3/c1-21-6-5-9-23(16-21)27(18-31(37)34-25-11-13-26(14-12-25)35-32(38)39)29-20-36(19-22-7-3-2-4-8-22)30-15-10-24(33)17-28(29)30/h5-6,9-10,15-17,20,22,25-27,35H,2-4,7-8,11-14,18-19H2,1H3,(H,34,37)(H,38,39). The molecule has 3 N–H and O–H groups in total. The molecule has 0 saturated heterocycles. The fourth-order valence-electron chi connectivity index (χ4n) is 6.70. The molecular weight excluding hydrogens is 554 g/mol. The molecule has 1 unspecified atom stereocenters. The van der Waals surface area contributed by atoms with Crippen LogP contribution in [0.25, 0.3) is 10.9 Å². The monoisotopic (exact) mass is 593 g/mol. The van der Waals surface area contributed by atoms with E-state index in [1.54, 1.807) is 0 Å². The molecule has 1 aromatic heterocycles. The number of aromatic nitrogens is 1. The van der Waals surface area contributed by atoms with Crippen LogP contribution in [0, 0.1) is 12.8 Å². The second-order valence-electron chi connectivity index (χ2n) is 11.6. The van der Waals surface area contributed by atoms with Crippen LogP contribution in [0.1, 0.15) is 86.8 Å². The van der Waals surface area contributed by atoms with E-state index in [2.05, 4.69) is 86.7 Å². The number of fused-ring (bicyclic) bond motifs is 1. The van der Waals surface area contributed by atoms with Gasteiger partial charge in [0, 0.05) is 52.5 Å². The summed E-state index contributed by atoms with van der Waals surface area (Å²) in [6.45, 7) is 3.13. The number of hydrogen-bond donors (Lipinski definition) is 3. The second-order valence-corrected chi connectivity index (χ2v) is 12.6. The summed E-state index contributed by atoms with van der Waals surface area (Å²) < 4.78 is 3.48.